The molecule has 0 unspecified atom stereocenters. The zero-order valence-electron chi connectivity index (χ0n) is 30.2. The van der Waals surface area contributed by atoms with E-state index in [1.165, 1.54) is 30.3 Å². The van der Waals surface area contributed by atoms with Crippen LogP contribution >= 0.6 is 0 Å². The largest absolute Gasteiger partial charge is 0.460 e. The molecule has 0 aliphatic rings. The van der Waals surface area contributed by atoms with Crippen molar-refractivity contribution in [3.05, 3.63) is 89.5 Å². The van der Waals surface area contributed by atoms with Crippen LogP contribution in [0.3, 0.4) is 0 Å². The topological polar surface area (TPSA) is 146 Å². The maximum absolute atomic E-state index is 13.0. The van der Waals surface area contributed by atoms with Crippen LogP contribution in [0.15, 0.2) is 77.7 Å². The summed E-state index contributed by atoms with van der Waals surface area (Å²) < 4.78 is 111. The third-order valence-electron chi connectivity index (χ3n) is 7.08. The monoisotopic (exact) mass is 787 g/mol. The van der Waals surface area contributed by atoms with E-state index in [1.54, 1.807) is 30.3 Å². The summed E-state index contributed by atoms with van der Waals surface area (Å²) in [6.07, 6.45) is -4.48. The summed E-state index contributed by atoms with van der Waals surface area (Å²) in [7, 11) is -3.80. The maximum atomic E-state index is 13.0. The summed E-state index contributed by atoms with van der Waals surface area (Å²) in [4.78, 5) is 12.7. The van der Waals surface area contributed by atoms with Gasteiger partial charge in [0.1, 0.15) is 6.61 Å². The maximum Gasteiger partial charge on any atom is 0.416 e. The Labute approximate surface area is 314 Å². The van der Waals surface area contributed by atoms with Gasteiger partial charge in [-0.3, -0.25) is 4.18 Å². The lowest BCUT2D eigenvalue weighted by Gasteiger charge is -2.13. The van der Waals surface area contributed by atoms with Gasteiger partial charge in [0.05, 0.1) is 121 Å². The molecule has 54 heavy (non-hydrogen) atoms. The number of rotatable bonds is 29. The predicted octanol–water partition coefficient (Wildman–Crippen LogP) is 5.44. The first-order chi connectivity index (χ1) is 26.1. The van der Waals surface area contributed by atoms with Gasteiger partial charge in [-0.05, 0) is 49.4 Å². The minimum atomic E-state index is -4.48. The average Bonchev–Trinajstić information content (AvgIpc) is 3.15. The minimum Gasteiger partial charge on any atom is -0.460 e. The lowest BCUT2D eigenvalue weighted by Crippen LogP contribution is -2.16. The Morgan fingerprint density at radius 2 is 1.06 bits per heavy atom. The molecule has 0 spiro atoms. The van der Waals surface area contributed by atoms with Crippen molar-refractivity contribution in [1.29, 1.82) is 0 Å². The second-order valence-corrected chi connectivity index (χ2v) is 12.9. The number of benzene rings is 3. The molecule has 0 aliphatic heterocycles. The molecule has 3 rings (SSSR count). The Bertz CT molecular complexity index is 1590. The highest BCUT2D eigenvalue weighted by molar-refractivity contribution is 7.86. The van der Waals surface area contributed by atoms with Crippen LogP contribution in [0.25, 0.3) is 0 Å². The van der Waals surface area contributed by atoms with Crippen LogP contribution in [-0.2, 0) is 58.4 Å². The molecule has 0 saturated heterocycles. The molecule has 0 aromatic heterocycles. The van der Waals surface area contributed by atoms with Crippen LogP contribution in [0, 0.1) is 6.92 Å². The highest BCUT2D eigenvalue weighted by Gasteiger charge is 2.30. The van der Waals surface area contributed by atoms with E-state index in [4.69, 9.17) is 42.1 Å². The Morgan fingerprint density at radius 1 is 0.593 bits per heavy atom. The van der Waals surface area contributed by atoms with Gasteiger partial charge in [-0.2, -0.15) is 21.6 Å². The Morgan fingerprint density at radius 3 is 1.56 bits per heavy atom. The van der Waals surface area contributed by atoms with Crippen molar-refractivity contribution >= 4 is 27.5 Å². The van der Waals surface area contributed by atoms with E-state index in [2.05, 4.69) is 5.32 Å². The zero-order valence-corrected chi connectivity index (χ0v) is 31.0. The quantitative estimate of drug-likeness (QED) is 0.0542. The van der Waals surface area contributed by atoms with Crippen LogP contribution in [0.5, 0.6) is 0 Å². The second-order valence-electron chi connectivity index (χ2n) is 11.3. The van der Waals surface area contributed by atoms with Crippen LogP contribution < -0.4 is 5.32 Å². The smallest absolute Gasteiger partial charge is 0.416 e. The molecule has 0 aliphatic carbocycles. The van der Waals surface area contributed by atoms with Gasteiger partial charge in [0, 0.05) is 5.69 Å². The molecule has 13 nitrogen and oxygen atoms in total. The van der Waals surface area contributed by atoms with Crippen molar-refractivity contribution in [3.8, 4) is 0 Å². The molecule has 0 amide bonds. The Hall–Kier alpha value is -3.65. The number of anilines is 2. The van der Waals surface area contributed by atoms with Gasteiger partial charge in [-0.25, -0.2) is 4.79 Å². The van der Waals surface area contributed by atoms with Crippen LogP contribution in [0.2, 0.25) is 0 Å². The molecule has 1 N–H and O–H groups in total. The van der Waals surface area contributed by atoms with E-state index in [9.17, 15) is 26.4 Å². The molecule has 0 saturated carbocycles. The molecular weight excluding hydrogens is 739 g/mol. The van der Waals surface area contributed by atoms with Crippen LogP contribution in [0.1, 0.15) is 21.5 Å². The molecule has 0 heterocycles. The summed E-state index contributed by atoms with van der Waals surface area (Å²) in [6, 6.07) is 17.5. The lowest BCUT2D eigenvalue weighted by atomic mass is 10.1. The van der Waals surface area contributed by atoms with Gasteiger partial charge in [0.15, 0.2) is 0 Å². The number of esters is 1. The minimum absolute atomic E-state index is 0.0144. The number of aryl methyl sites for hydroxylation is 1. The lowest BCUT2D eigenvalue weighted by molar-refractivity contribution is -0.137. The molecule has 3 aromatic carbocycles. The average molecular weight is 788 g/mol. The molecular formula is C37H48F3NO12S. The normalized spacial score (nSPS) is 11.9. The Balaban J connectivity index is 1.05. The summed E-state index contributed by atoms with van der Waals surface area (Å²) in [5, 5.41) is 2.85. The zero-order chi connectivity index (χ0) is 38.9. The molecule has 0 fully saturated rings. The highest BCUT2D eigenvalue weighted by atomic mass is 32.2. The summed E-state index contributed by atoms with van der Waals surface area (Å²) in [5.74, 6) is -0.639. The van der Waals surface area contributed by atoms with E-state index in [1.807, 2.05) is 6.92 Å². The first-order valence-corrected chi connectivity index (χ1v) is 18.7. The number of nitrogens with one attached hydrogen (secondary N) is 1. The highest BCUT2D eigenvalue weighted by Crippen LogP contribution is 2.32. The number of alkyl halides is 3. The first kappa shape index (κ1) is 44.7. The number of hydrogen-bond donors (Lipinski definition) is 1. The SMILES string of the molecule is Cc1ccc(S(=O)(=O)OCCOCCOCCOCCOCCOCCOCCOCCOC(=O)c2ccccc2Nc2cccc(C(F)(F)F)c2)cc1. The predicted molar refractivity (Wildman–Crippen MR) is 192 cm³/mol. The first-order valence-electron chi connectivity index (χ1n) is 17.3. The summed E-state index contributed by atoms with van der Waals surface area (Å²) in [6.45, 7) is 6.42. The van der Waals surface area contributed by atoms with Crippen LogP contribution in [0.4, 0.5) is 24.5 Å². The van der Waals surface area contributed by atoms with Gasteiger partial charge < -0.3 is 43.2 Å². The number of hydrogen-bond acceptors (Lipinski definition) is 13. The van der Waals surface area contributed by atoms with E-state index < -0.39 is 27.8 Å². The van der Waals surface area contributed by atoms with Gasteiger partial charge in [0.2, 0.25) is 0 Å². The van der Waals surface area contributed by atoms with Crippen molar-refractivity contribution in [2.75, 3.05) is 111 Å². The molecule has 3 aromatic rings. The number of carbonyl (C=O) groups is 1. The van der Waals surface area contributed by atoms with E-state index >= 15 is 0 Å². The molecule has 17 heteroatoms. The third-order valence-corrected chi connectivity index (χ3v) is 8.41. The second kappa shape index (κ2) is 25.4. The third kappa shape index (κ3) is 18.6. The molecule has 0 atom stereocenters. The fraction of sp³-hybridized carbons (Fsp3) is 0.486. The molecule has 0 radical (unpaired) electrons. The fourth-order valence-electron chi connectivity index (χ4n) is 4.37. The number of carbonyl (C=O) groups excluding carboxylic acids is 1. The van der Waals surface area contributed by atoms with Crippen molar-refractivity contribution in [1.82, 2.24) is 0 Å². The standard InChI is InChI=1S/C37H48F3NO12S/c1-30-9-11-33(12-10-30)54(43,44)53-28-26-51-24-22-49-20-18-47-16-14-45-13-15-46-17-19-48-21-23-50-25-27-52-36(42)34-7-2-3-8-35(34)41-32-6-4-5-31(29-32)37(38,39)40/h2-12,29,41H,13-28H2,1H3. The summed E-state index contributed by atoms with van der Waals surface area (Å²) >= 11 is 0. The Kier molecular flexibility index (Phi) is 21.1. The molecule has 300 valence electrons. The van der Waals surface area contributed by atoms with E-state index in [0.29, 0.717) is 78.4 Å². The van der Waals surface area contributed by atoms with Crippen molar-refractivity contribution in [2.24, 2.45) is 0 Å². The number of ether oxygens (including phenoxy) is 8. The van der Waals surface area contributed by atoms with Crippen LogP contribution in [-0.4, -0.2) is 120 Å². The summed E-state index contributed by atoms with van der Waals surface area (Å²) in [5.41, 5.74) is 0.834. The van der Waals surface area contributed by atoms with Crippen molar-refractivity contribution < 1.29 is 68.5 Å². The number of para-hydroxylation sites is 1. The van der Waals surface area contributed by atoms with Gasteiger partial charge in [-0.15, -0.1) is 0 Å². The fourth-order valence-corrected chi connectivity index (χ4v) is 5.26. The number of halogens is 3. The molecule has 0 bridgehead atoms. The van der Waals surface area contributed by atoms with Crippen molar-refractivity contribution in [2.45, 2.75) is 18.0 Å². The van der Waals surface area contributed by atoms with Crippen molar-refractivity contribution in [3.63, 3.8) is 0 Å². The van der Waals surface area contributed by atoms with E-state index in [0.717, 1.165) is 17.7 Å². The van der Waals surface area contributed by atoms with Gasteiger partial charge in [0.25, 0.3) is 10.1 Å². The van der Waals surface area contributed by atoms with Gasteiger partial charge in [-0.1, -0.05) is 35.9 Å². The van der Waals surface area contributed by atoms with E-state index in [-0.39, 0.29) is 49.2 Å². The van der Waals surface area contributed by atoms with Gasteiger partial charge >= 0.3 is 12.1 Å².